The number of anilines is 2. The Morgan fingerprint density at radius 1 is 1.14 bits per heavy atom. The minimum atomic E-state index is -0.557. The quantitative estimate of drug-likeness (QED) is 0.692. The lowest BCUT2D eigenvalue weighted by atomic mass is 10.1. The summed E-state index contributed by atoms with van der Waals surface area (Å²) in [5.41, 5.74) is 8.70. The number of nitrogens with two attached hydrogens (primary N) is 1. The highest BCUT2D eigenvalue weighted by Crippen LogP contribution is 2.40. The lowest BCUT2D eigenvalue weighted by Gasteiger charge is -2.17. The summed E-state index contributed by atoms with van der Waals surface area (Å²) in [6.07, 6.45) is 0. The maximum atomic E-state index is 13.7. The Balaban J connectivity index is 2.46. The first-order valence-corrected chi connectivity index (χ1v) is 7.72. The van der Waals surface area contributed by atoms with Crippen LogP contribution in [0.25, 0.3) is 0 Å². The molecule has 0 spiro atoms. The first kappa shape index (κ1) is 16.0. The molecule has 2 aromatic carbocycles. The van der Waals surface area contributed by atoms with Crippen molar-refractivity contribution < 1.29 is 9.18 Å². The molecule has 0 aliphatic heterocycles. The number of nitrogens with one attached hydrogen (secondary N) is 1. The van der Waals surface area contributed by atoms with Crippen LogP contribution in [0.15, 0.2) is 33.2 Å². The van der Waals surface area contributed by atoms with E-state index < -0.39 is 11.7 Å². The Hall–Kier alpha value is -1.40. The van der Waals surface area contributed by atoms with E-state index in [4.69, 9.17) is 5.73 Å². The fraction of sp³-hybridized carbons (Fsp3) is 0.133. The largest absolute Gasteiger partial charge is 0.397 e. The van der Waals surface area contributed by atoms with Crippen LogP contribution in [0.5, 0.6) is 0 Å². The normalized spacial score (nSPS) is 10.5. The highest BCUT2D eigenvalue weighted by Gasteiger charge is 2.18. The Labute approximate surface area is 139 Å². The van der Waals surface area contributed by atoms with Crippen molar-refractivity contribution >= 4 is 49.1 Å². The SMILES string of the molecule is Cc1c(Br)c(N)c(Br)c(C)c1NC(=O)c1ccccc1F. The van der Waals surface area contributed by atoms with Gasteiger partial charge in [0.1, 0.15) is 5.82 Å². The third-order valence-electron chi connectivity index (χ3n) is 3.24. The maximum absolute atomic E-state index is 13.7. The van der Waals surface area contributed by atoms with Crippen LogP contribution in [0.1, 0.15) is 21.5 Å². The molecule has 3 N–H and O–H groups in total. The van der Waals surface area contributed by atoms with E-state index in [1.165, 1.54) is 12.1 Å². The second-order valence-electron chi connectivity index (χ2n) is 4.60. The summed E-state index contributed by atoms with van der Waals surface area (Å²) < 4.78 is 15.1. The second-order valence-corrected chi connectivity index (χ2v) is 6.19. The van der Waals surface area contributed by atoms with Gasteiger partial charge in [0.15, 0.2) is 0 Å². The Morgan fingerprint density at radius 2 is 1.67 bits per heavy atom. The van der Waals surface area contributed by atoms with Crippen LogP contribution >= 0.6 is 31.9 Å². The molecule has 3 nitrogen and oxygen atoms in total. The number of hydrogen-bond acceptors (Lipinski definition) is 2. The number of amides is 1. The van der Waals surface area contributed by atoms with Gasteiger partial charge in [0.05, 0.1) is 11.3 Å². The number of rotatable bonds is 2. The van der Waals surface area contributed by atoms with Gasteiger partial charge in [-0.15, -0.1) is 0 Å². The van der Waals surface area contributed by atoms with Crippen LogP contribution in [-0.4, -0.2) is 5.91 Å². The molecule has 0 saturated carbocycles. The van der Waals surface area contributed by atoms with Gasteiger partial charge in [0.2, 0.25) is 0 Å². The first-order chi connectivity index (χ1) is 9.84. The van der Waals surface area contributed by atoms with E-state index in [9.17, 15) is 9.18 Å². The summed E-state index contributed by atoms with van der Waals surface area (Å²) in [4.78, 5) is 12.2. The Kier molecular flexibility index (Phi) is 4.68. The average molecular weight is 416 g/mol. The summed E-state index contributed by atoms with van der Waals surface area (Å²) >= 11 is 6.79. The van der Waals surface area contributed by atoms with Crippen molar-refractivity contribution in [3.8, 4) is 0 Å². The van der Waals surface area contributed by atoms with Crippen molar-refractivity contribution in [3.05, 3.63) is 55.7 Å². The second kappa shape index (κ2) is 6.15. The van der Waals surface area contributed by atoms with Gasteiger partial charge >= 0.3 is 0 Å². The van der Waals surface area contributed by atoms with E-state index in [2.05, 4.69) is 37.2 Å². The molecule has 0 unspecified atom stereocenters. The van der Waals surface area contributed by atoms with Gasteiger partial charge in [0, 0.05) is 14.6 Å². The smallest absolute Gasteiger partial charge is 0.258 e. The molecule has 0 radical (unpaired) electrons. The van der Waals surface area contributed by atoms with Crippen molar-refractivity contribution in [2.45, 2.75) is 13.8 Å². The van der Waals surface area contributed by atoms with Crippen LogP contribution in [0.4, 0.5) is 15.8 Å². The van der Waals surface area contributed by atoms with E-state index in [0.29, 0.717) is 20.3 Å². The number of benzene rings is 2. The Morgan fingerprint density at radius 3 is 2.19 bits per heavy atom. The lowest BCUT2D eigenvalue weighted by Crippen LogP contribution is -2.16. The third kappa shape index (κ3) is 2.96. The molecule has 2 aromatic rings. The summed E-state index contributed by atoms with van der Waals surface area (Å²) in [7, 11) is 0. The standard InChI is InChI=1S/C15H13Br2FN2O/c1-7-11(16)13(19)12(17)8(2)14(7)20-15(21)9-5-3-4-6-10(9)18/h3-6H,19H2,1-2H3,(H,20,21). The molecule has 0 fully saturated rings. The van der Waals surface area contributed by atoms with Crippen LogP contribution < -0.4 is 11.1 Å². The van der Waals surface area contributed by atoms with Gasteiger partial charge in [-0.25, -0.2) is 4.39 Å². The summed E-state index contributed by atoms with van der Waals surface area (Å²) in [5.74, 6) is -1.05. The molecular formula is C15H13Br2FN2O. The molecule has 6 heteroatoms. The number of halogens is 3. The summed E-state index contributed by atoms with van der Waals surface area (Å²) in [5, 5.41) is 2.75. The zero-order valence-corrected chi connectivity index (χ0v) is 14.6. The molecule has 0 aliphatic carbocycles. The molecule has 2 rings (SSSR count). The predicted molar refractivity (Wildman–Crippen MR) is 90.1 cm³/mol. The minimum absolute atomic E-state index is 0.000342. The fourth-order valence-electron chi connectivity index (χ4n) is 2.01. The zero-order chi connectivity index (χ0) is 15.7. The van der Waals surface area contributed by atoms with Crippen LogP contribution in [0.2, 0.25) is 0 Å². The number of carbonyl (C=O) groups is 1. The van der Waals surface area contributed by atoms with E-state index in [1.54, 1.807) is 12.1 Å². The van der Waals surface area contributed by atoms with Crippen molar-refractivity contribution in [2.24, 2.45) is 0 Å². The van der Waals surface area contributed by atoms with Crippen LogP contribution in [0, 0.1) is 19.7 Å². The van der Waals surface area contributed by atoms with Gasteiger partial charge in [-0.05, 0) is 69.0 Å². The number of hydrogen-bond donors (Lipinski definition) is 2. The topological polar surface area (TPSA) is 55.1 Å². The van der Waals surface area contributed by atoms with Gasteiger partial charge in [-0.3, -0.25) is 4.79 Å². The van der Waals surface area contributed by atoms with Gasteiger partial charge in [-0.1, -0.05) is 12.1 Å². The van der Waals surface area contributed by atoms with Crippen molar-refractivity contribution in [1.82, 2.24) is 0 Å². The van der Waals surface area contributed by atoms with Crippen molar-refractivity contribution in [1.29, 1.82) is 0 Å². The highest BCUT2D eigenvalue weighted by molar-refractivity contribution is 9.11. The summed E-state index contributed by atoms with van der Waals surface area (Å²) in [6, 6.07) is 5.85. The average Bonchev–Trinajstić information content (AvgIpc) is 2.48. The molecule has 0 aromatic heterocycles. The zero-order valence-electron chi connectivity index (χ0n) is 11.4. The van der Waals surface area contributed by atoms with Gasteiger partial charge in [-0.2, -0.15) is 0 Å². The summed E-state index contributed by atoms with van der Waals surface area (Å²) in [6.45, 7) is 3.66. The molecule has 0 heterocycles. The van der Waals surface area contributed by atoms with Crippen LogP contribution in [-0.2, 0) is 0 Å². The van der Waals surface area contributed by atoms with E-state index in [0.717, 1.165) is 11.1 Å². The first-order valence-electron chi connectivity index (χ1n) is 6.14. The highest BCUT2D eigenvalue weighted by atomic mass is 79.9. The molecule has 0 bridgehead atoms. The minimum Gasteiger partial charge on any atom is -0.397 e. The van der Waals surface area contributed by atoms with E-state index in [-0.39, 0.29) is 5.56 Å². The molecule has 21 heavy (non-hydrogen) atoms. The molecular weight excluding hydrogens is 403 g/mol. The Bertz CT molecular complexity index is 703. The van der Waals surface area contributed by atoms with E-state index >= 15 is 0 Å². The van der Waals surface area contributed by atoms with Crippen molar-refractivity contribution in [3.63, 3.8) is 0 Å². The van der Waals surface area contributed by atoms with Crippen LogP contribution in [0.3, 0.4) is 0 Å². The maximum Gasteiger partial charge on any atom is 0.258 e. The fourth-order valence-corrected chi connectivity index (χ4v) is 3.07. The molecule has 110 valence electrons. The molecule has 0 aliphatic rings. The number of carbonyl (C=O) groups excluding carboxylic acids is 1. The lowest BCUT2D eigenvalue weighted by molar-refractivity contribution is 0.102. The van der Waals surface area contributed by atoms with E-state index in [1.807, 2.05) is 13.8 Å². The van der Waals surface area contributed by atoms with Gasteiger partial charge in [0.25, 0.3) is 5.91 Å². The molecule has 1 amide bonds. The molecule has 0 saturated heterocycles. The molecule has 0 atom stereocenters. The third-order valence-corrected chi connectivity index (χ3v) is 5.28. The predicted octanol–water partition coefficient (Wildman–Crippen LogP) is 4.80. The number of nitrogen functional groups attached to an aromatic ring is 1. The van der Waals surface area contributed by atoms with Gasteiger partial charge < -0.3 is 11.1 Å². The van der Waals surface area contributed by atoms with Crippen molar-refractivity contribution in [2.75, 3.05) is 11.1 Å². The monoisotopic (exact) mass is 414 g/mol.